The Morgan fingerprint density at radius 1 is 1.23 bits per heavy atom. The van der Waals surface area contributed by atoms with Crippen LogP contribution in [0.5, 0.6) is 5.75 Å². The maximum absolute atomic E-state index is 12.7. The molecule has 1 aliphatic heterocycles. The summed E-state index contributed by atoms with van der Waals surface area (Å²) in [5.41, 5.74) is 1.01. The van der Waals surface area contributed by atoms with Gasteiger partial charge in [-0.3, -0.25) is 4.79 Å². The maximum Gasteiger partial charge on any atom is 0.253 e. The van der Waals surface area contributed by atoms with Gasteiger partial charge in [-0.25, -0.2) is 12.7 Å². The summed E-state index contributed by atoms with van der Waals surface area (Å²) in [7, 11) is -0.790. The van der Waals surface area contributed by atoms with Gasteiger partial charge in [0.2, 0.25) is 10.0 Å². The van der Waals surface area contributed by atoms with Gasteiger partial charge in [-0.2, -0.15) is 0 Å². The predicted octanol–water partition coefficient (Wildman–Crippen LogP) is 2.84. The zero-order valence-corrected chi connectivity index (χ0v) is 16.0. The molecule has 0 radical (unpaired) electrons. The van der Waals surface area contributed by atoms with E-state index in [1.54, 1.807) is 0 Å². The van der Waals surface area contributed by atoms with Gasteiger partial charge in [0.15, 0.2) is 0 Å². The summed E-state index contributed by atoms with van der Waals surface area (Å²) < 4.78 is 31.3. The van der Waals surface area contributed by atoms with E-state index in [-0.39, 0.29) is 21.5 Å². The molecule has 1 amide bonds. The molecule has 0 saturated heterocycles. The second-order valence-corrected chi connectivity index (χ2v) is 8.69. The number of para-hydroxylation sites is 1. The number of hydrogen-bond acceptors (Lipinski definition) is 4. The number of amides is 1. The molecule has 0 spiro atoms. The number of hydrogen-bond donors (Lipinski definition) is 1. The highest BCUT2D eigenvalue weighted by molar-refractivity contribution is 7.89. The number of rotatable bonds is 4. The summed E-state index contributed by atoms with van der Waals surface area (Å²) in [6, 6.07) is 11.4. The van der Waals surface area contributed by atoms with Crippen LogP contribution in [0.2, 0.25) is 5.02 Å². The summed E-state index contributed by atoms with van der Waals surface area (Å²) in [5.74, 6) is 0.312. The molecule has 2 aromatic carbocycles. The number of halogens is 1. The van der Waals surface area contributed by atoms with Gasteiger partial charge in [-0.15, -0.1) is 0 Å². The van der Waals surface area contributed by atoms with Crippen LogP contribution in [0.4, 0.5) is 0 Å². The number of ether oxygens (including phenoxy) is 1. The molecule has 0 bridgehead atoms. The number of fused-ring (bicyclic) bond motifs is 1. The summed E-state index contributed by atoms with van der Waals surface area (Å²) in [4.78, 5) is 12.8. The van der Waals surface area contributed by atoms with E-state index in [1.165, 1.54) is 32.3 Å². The maximum atomic E-state index is 12.7. The van der Waals surface area contributed by atoms with Crippen LogP contribution in [-0.4, -0.2) is 39.3 Å². The molecule has 1 aliphatic rings. The van der Waals surface area contributed by atoms with E-state index in [4.69, 9.17) is 16.3 Å². The molecule has 0 saturated carbocycles. The fraction of sp³-hybridized carbons (Fsp3) is 0.278. The van der Waals surface area contributed by atoms with Crippen LogP contribution < -0.4 is 10.1 Å². The van der Waals surface area contributed by atoms with E-state index >= 15 is 0 Å². The molecule has 8 heteroatoms. The van der Waals surface area contributed by atoms with Crippen molar-refractivity contribution < 1.29 is 17.9 Å². The monoisotopic (exact) mass is 394 g/mol. The van der Waals surface area contributed by atoms with E-state index in [0.29, 0.717) is 13.0 Å². The Labute approximate surface area is 157 Å². The number of nitrogens with zero attached hydrogens (tertiary/aromatic N) is 1. The molecule has 1 unspecified atom stereocenters. The fourth-order valence-corrected chi connectivity index (χ4v) is 3.91. The van der Waals surface area contributed by atoms with Crippen molar-refractivity contribution in [2.45, 2.75) is 17.4 Å². The Morgan fingerprint density at radius 3 is 2.69 bits per heavy atom. The molecule has 0 fully saturated rings. The number of carbonyl (C=O) groups is 1. The first-order valence-corrected chi connectivity index (χ1v) is 9.87. The molecular weight excluding hydrogens is 376 g/mol. The number of carbonyl (C=O) groups excluding carboxylic acids is 1. The second-order valence-electron chi connectivity index (χ2n) is 6.13. The minimum absolute atomic E-state index is 0.0180. The van der Waals surface area contributed by atoms with Crippen LogP contribution in [0, 0.1) is 0 Å². The molecular formula is C18H19ClN2O4S. The summed E-state index contributed by atoms with van der Waals surface area (Å²) in [6.45, 7) is 0.491. The molecule has 0 aromatic heterocycles. The van der Waals surface area contributed by atoms with E-state index in [0.717, 1.165) is 15.6 Å². The van der Waals surface area contributed by atoms with Gasteiger partial charge in [0.1, 0.15) is 5.75 Å². The lowest BCUT2D eigenvalue weighted by atomic mass is 10.00. The first-order valence-electron chi connectivity index (χ1n) is 8.05. The molecule has 6 nitrogen and oxygen atoms in total. The third-order valence-electron chi connectivity index (χ3n) is 4.22. The average molecular weight is 395 g/mol. The minimum atomic E-state index is -3.66. The Kier molecular flexibility index (Phi) is 5.22. The van der Waals surface area contributed by atoms with Gasteiger partial charge in [0, 0.05) is 26.1 Å². The van der Waals surface area contributed by atoms with Crippen LogP contribution in [-0.2, 0) is 10.0 Å². The highest BCUT2D eigenvalue weighted by Crippen LogP contribution is 2.32. The van der Waals surface area contributed by atoms with E-state index in [1.807, 2.05) is 24.3 Å². The Bertz CT molecular complexity index is 944. The Morgan fingerprint density at radius 2 is 1.96 bits per heavy atom. The Hall–Kier alpha value is -2.09. The van der Waals surface area contributed by atoms with E-state index in [9.17, 15) is 13.2 Å². The zero-order valence-electron chi connectivity index (χ0n) is 14.4. The minimum Gasteiger partial charge on any atom is -0.493 e. The number of sulfonamides is 1. The lowest BCUT2D eigenvalue weighted by Gasteiger charge is -2.26. The first kappa shape index (κ1) is 18.7. The molecule has 138 valence electrons. The molecule has 1 heterocycles. The standard InChI is InChI=1S/C18H19ClN2O4S/c1-21(2)26(23,24)12-7-8-15(19)14(11-12)18(22)20-16-9-10-25-17-6-4-3-5-13(16)17/h3-8,11,16H,9-10H2,1-2H3,(H,20,22). The van der Waals surface area contributed by atoms with Crippen molar-refractivity contribution in [3.8, 4) is 5.75 Å². The smallest absolute Gasteiger partial charge is 0.253 e. The summed E-state index contributed by atoms with van der Waals surface area (Å²) in [6.07, 6.45) is 0.621. The number of nitrogens with one attached hydrogen (secondary N) is 1. The molecule has 1 atom stereocenters. The first-order chi connectivity index (χ1) is 12.3. The summed E-state index contributed by atoms with van der Waals surface area (Å²) >= 11 is 6.14. The lowest BCUT2D eigenvalue weighted by molar-refractivity contribution is 0.0924. The third-order valence-corrected chi connectivity index (χ3v) is 6.37. The lowest BCUT2D eigenvalue weighted by Crippen LogP contribution is -2.32. The predicted molar refractivity (Wildman–Crippen MR) is 99.1 cm³/mol. The van der Waals surface area contributed by atoms with Crippen molar-refractivity contribution in [2.24, 2.45) is 0 Å². The van der Waals surface area contributed by atoms with Gasteiger partial charge in [0.25, 0.3) is 5.91 Å². The van der Waals surface area contributed by atoms with Crippen LogP contribution in [0.25, 0.3) is 0 Å². The van der Waals surface area contributed by atoms with Gasteiger partial charge in [-0.1, -0.05) is 29.8 Å². The third kappa shape index (κ3) is 3.56. The summed E-state index contributed by atoms with van der Waals surface area (Å²) in [5, 5.41) is 3.12. The van der Waals surface area contributed by atoms with Crippen LogP contribution in [0.1, 0.15) is 28.4 Å². The Balaban J connectivity index is 1.90. The van der Waals surface area contributed by atoms with E-state index in [2.05, 4.69) is 5.32 Å². The fourth-order valence-electron chi connectivity index (χ4n) is 2.78. The van der Waals surface area contributed by atoms with Crippen molar-refractivity contribution in [3.63, 3.8) is 0 Å². The molecule has 1 N–H and O–H groups in total. The van der Waals surface area contributed by atoms with E-state index < -0.39 is 15.9 Å². The van der Waals surface area contributed by atoms with Gasteiger partial charge >= 0.3 is 0 Å². The molecule has 3 rings (SSSR count). The molecule has 0 aliphatic carbocycles. The molecule has 26 heavy (non-hydrogen) atoms. The SMILES string of the molecule is CN(C)S(=O)(=O)c1ccc(Cl)c(C(=O)NC2CCOc3ccccc32)c1. The van der Waals surface area contributed by atoms with Crippen molar-refractivity contribution in [1.82, 2.24) is 9.62 Å². The van der Waals surface area contributed by atoms with Crippen molar-refractivity contribution in [3.05, 3.63) is 58.6 Å². The van der Waals surface area contributed by atoms with Gasteiger partial charge in [0.05, 0.1) is 28.1 Å². The largest absolute Gasteiger partial charge is 0.493 e. The quantitative estimate of drug-likeness (QED) is 0.865. The second kappa shape index (κ2) is 7.26. The van der Waals surface area contributed by atoms with Crippen molar-refractivity contribution >= 4 is 27.5 Å². The highest BCUT2D eigenvalue weighted by atomic mass is 35.5. The van der Waals surface area contributed by atoms with Gasteiger partial charge in [-0.05, 0) is 24.3 Å². The molecule has 2 aromatic rings. The topological polar surface area (TPSA) is 75.7 Å². The van der Waals surface area contributed by atoms with Crippen molar-refractivity contribution in [2.75, 3.05) is 20.7 Å². The van der Waals surface area contributed by atoms with Gasteiger partial charge < -0.3 is 10.1 Å². The van der Waals surface area contributed by atoms with Crippen molar-refractivity contribution in [1.29, 1.82) is 0 Å². The van der Waals surface area contributed by atoms with Crippen LogP contribution in [0.3, 0.4) is 0 Å². The van der Waals surface area contributed by atoms with Crippen LogP contribution in [0.15, 0.2) is 47.4 Å². The zero-order chi connectivity index (χ0) is 18.9. The average Bonchev–Trinajstić information content (AvgIpc) is 2.62. The highest BCUT2D eigenvalue weighted by Gasteiger charge is 2.25. The van der Waals surface area contributed by atoms with Crippen LogP contribution >= 0.6 is 11.6 Å². The normalized spacial score (nSPS) is 16.7. The number of benzene rings is 2.